The van der Waals surface area contributed by atoms with Gasteiger partial charge in [-0.15, -0.1) is 11.8 Å². The molecule has 3 N–H and O–H groups in total. The van der Waals surface area contributed by atoms with E-state index >= 15 is 0 Å². The summed E-state index contributed by atoms with van der Waals surface area (Å²) in [6.07, 6.45) is -3.61. The lowest BCUT2D eigenvalue weighted by Crippen LogP contribution is -2.63. The number of likely N-dealkylation sites (tertiary alicyclic amines) is 1. The van der Waals surface area contributed by atoms with E-state index in [4.69, 9.17) is 14.2 Å². The maximum Gasteiger partial charge on any atom is 0.410 e. The van der Waals surface area contributed by atoms with Crippen LogP contribution in [-0.2, 0) is 43.6 Å². The number of non-ortho nitro benzene ring substituents is 3. The van der Waals surface area contributed by atoms with Crippen LogP contribution in [-0.4, -0.2) is 101 Å². The van der Waals surface area contributed by atoms with Crippen molar-refractivity contribution in [3.05, 3.63) is 130 Å². The second-order valence-corrected chi connectivity index (χ2v) is 16.3. The minimum Gasteiger partial charge on any atom is -0.456 e. The number of hydrogen-bond donors (Lipinski definition) is 3. The number of benzene rings is 3. The molecular formula is C40H42N6O15S. The maximum absolute atomic E-state index is 13.8. The van der Waals surface area contributed by atoms with E-state index in [0.29, 0.717) is 21.6 Å². The van der Waals surface area contributed by atoms with Crippen molar-refractivity contribution >= 4 is 52.9 Å². The predicted octanol–water partition coefficient (Wildman–Crippen LogP) is 4.71. The summed E-state index contributed by atoms with van der Waals surface area (Å²) in [6.45, 7) is 2.42. The van der Waals surface area contributed by atoms with Gasteiger partial charge in [-0.3, -0.25) is 35.1 Å². The zero-order valence-corrected chi connectivity index (χ0v) is 34.1. The number of aliphatic hydroxyl groups is 2. The number of rotatable bonds is 17. The van der Waals surface area contributed by atoms with Crippen molar-refractivity contribution in [2.45, 2.75) is 76.1 Å². The van der Waals surface area contributed by atoms with Gasteiger partial charge in [0.1, 0.15) is 25.5 Å². The van der Waals surface area contributed by atoms with E-state index in [9.17, 15) is 59.7 Å². The molecule has 3 amide bonds. The van der Waals surface area contributed by atoms with Crippen LogP contribution in [0, 0.1) is 42.2 Å². The fourth-order valence-electron chi connectivity index (χ4n) is 7.64. The summed E-state index contributed by atoms with van der Waals surface area (Å²) < 4.78 is 16.4. The van der Waals surface area contributed by atoms with E-state index < -0.39 is 80.2 Å². The van der Waals surface area contributed by atoms with Gasteiger partial charge in [-0.25, -0.2) is 14.4 Å². The van der Waals surface area contributed by atoms with Crippen LogP contribution in [0.4, 0.5) is 26.7 Å². The molecule has 0 spiro atoms. The molecule has 22 heteroatoms. The molecule has 0 saturated carbocycles. The SMILES string of the molecule is C[C@@H](O)[C@H]1C(=O)N2C(C(=O)OCc3ccc([N+](=O)[O-])cc3)=C(S[C@H]3C[C@@H](C[C@@H](O)CNC(=O)OCc4ccc([N+](=O)[O-])cc4)N(C(=O)OCc4ccc([N+](=O)[O-])cc4)C3)[C@H](C)[C@H]12. The Morgan fingerprint density at radius 3 is 1.77 bits per heavy atom. The monoisotopic (exact) mass is 878 g/mol. The second kappa shape index (κ2) is 19.4. The van der Waals surface area contributed by atoms with Crippen LogP contribution in [0.3, 0.4) is 0 Å². The van der Waals surface area contributed by atoms with Crippen molar-refractivity contribution in [2.75, 3.05) is 13.1 Å². The van der Waals surface area contributed by atoms with E-state index in [-0.39, 0.29) is 68.5 Å². The normalized spacial score (nSPS) is 21.4. The Morgan fingerprint density at radius 2 is 1.29 bits per heavy atom. The molecule has 3 aliphatic rings. The highest BCUT2D eigenvalue weighted by atomic mass is 32.2. The number of amides is 3. The maximum atomic E-state index is 13.8. The highest BCUT2D eigenvalue weighted by Gasteiger charge is 2.60. The van der Waals surface area contributed by atoms with Crippen LogP contribution in [0.25, 0.3) is 0 Å². The first kappa shape index (κ1) is 44.9. The lowest BCUT2D eigenvalue weighted by molar-refractivity contribution is -0.385. The minimum absolute atomic E-state index is 0.0106. The number of nitrogens with one attached hydrogen (secondary N) is 1. The molecule has 2 fully saturated rings. The number of ether oxygens (including phenoxy) is 3. The number of esters is 1. The van der Waals surface area contributed by atoms with Crippen molar-refractivity contribution in [2.24, 2.45) is 11.8 Å². The van der Waals surface area contributed by atoms with Gasteiger partial charge in [0.2, 0.25) is 5.91 Å². The zero-order valence-electron chi connectivity index (χ0n) is 33.3. The fraction of sp³-hybridized carbons (Fsp3) is 0.400. The number of thioether (sulfide) groups is 1. The largest absolute Gasteiger partial charge is 0.456 e. The molecule has 21 nitrogen and oxygen atoms in total. The summed E-state index contributed by atoms with van der Waals surface area (Å²) in [5, 5.41) is 56.7. The van der Waals surface area contributed by atoms with Crippen LogP contribution in [0.2, 0.25) is 0 Å². The Labute approximate surface area is 357 Å². The van der Waals surface area contributed by atoms with Gasteiger partial charge in [-0.1, -0.05) is 6.92 Å². The first-order valence-corrected chi connectivity index (χ1v) is 20.2. The topological polar surface area (TPSA) is 284 Å². The molecule has 2 saturated heterocycles. The third-order valence-corrected chi connectivity index (χ3v) is 12.3. The quantitative estimate of drug-likeness (QED) is 0.0544. The molecular weight excluding hydrogens is 837 g/mol. The molecule has 3 aromatic carbocycles. The number of nitrogens with zero attached hydrogens (tertiary/aromatic N) is 5. The molecule has 62 heavy (non-hydrogen) atoms. The molecule has 3 aliphatic heterocycles. The molecule has 3 aromatic rings. The summed E-state index contributed by atoms with van der Waals surface area (Å²) in [7, 11) is 0. The number of nitro groups is 3. The molecule has 0 bridgehead atoms. The van der Waals surface area contributed by atoms with Gasteiger partial charge in [0, 0.05) is 71.6 Å². The number of carbonyl (C=O) groups is 4. The first-order chi connectivity index (χ1) is 29.5. The number of fused-ring (bicyclic) bond motifs is 1. The number of hydrogen-bond acceptors (Lipinski definition) is 16. The first-order valence-electron chi connectivity index (χ1n) is 19.3. The van der Waals surface area contributed by atoms with Gasteiger partial charge in [0.25, 0.3) is 17.1 Å². The standard InChI is InChI=1S/C40H42N6O15S/c1-22-34-33(23(2)47)37(49)43(34)35(38(50)59-19-24-3-9-27(10-4-24)44(53)54)36(22)62-32-16-30(42(18-32)40(52)61-21-26-7-13-29(14-8-26)46(57)58)15-31(48)17-41-39(51)60-20-25-5-11-28(12-6-25)45(55)56/h3-14,22-23,30-34,47-48H,15-21H2,1-2H3,(H,41,51)/t22-,23-,30-,31-,32+,33-,34-/m1/s1. The van der Waals surface area contributed by atoms with Gasteiger partial charge >= 0.3 is 18.2 Å². The summed E-state index contributed by atoms with van der Waals surface area (Å²) in [5.41, 5.74) is 1.00. The van der Waals surface area contributed by atoms with Crippen LogP contribution in [0.15, 0.2) is 83.4 Å². The number of alkyl carbamates (subject to hydrolysis) is 1. The summed E-state index contributed by atoms with van der Waals surface area (Å²) in [4.78, 5) is 88.0. The van der Waals surface area contributed by atoms with Crippen LogP contribution in [0.1, 0.15) is 43.4 Å². The van der Waals surface area contributed by atoms with Gasteiger partial charge in [-0.05, 0) is 72.9 Å². The molecule has 0 radical (unpaired) electrons. The lowest BCUT2D eigenvalue weighted by atomic mass is 9.79. The van der Waals surface area contributed by atoms with Crippen molar-refractivity contribution in [1.82, 2.24) is 15.1 Å². The summed E-state index contributed by atoms with van der Waals surface area (Å²) in [6, 6.07) is 15.1. The Hall–Kier alpha value is -6.65. The minimum atomic E-state index is -1.19. The molecule has 3 heterocycles. The van der Waals surface area contributed by atoms with E-state index in [1.807, 2.05) is 6.92 Å². The number of aliphatic hydroxyl groups excluding tert-OH is 2. The summed E-state index contributed by atoms with van der Waals surface area (Å²) in [5.74, 6) is -2.51. The van der Waals surface area contributed by atoms with Crippen molar-refractivity contribution in [1.29, 1.82) is 0 Å². The van der Waals surface area contributed by atoms with Gasteiger partial charge in [-0.2, -0.15) is 0 Å². The molecule has 6 rings (SSSR count). The van der Waals surface area contributed by atoms with Crippen LogP contribution >= 0.6 is 11.8 Å². The smallest absolute Gasteiger partial charge is 0.410 e. The molecule has 0 unspecified atom stereocenters. The highest BCUT2D eigenvalue weighted by Crippen LogP contribution is 2.52. The molecule has 0 aliphatic carbocycles. The zero-order chi connectivity index (χ0) is 44.8. The molecule has 0 aromatic heterocycles. The Balaban J connectivity index is 1.16. The van der Waals surface area contributed by atoms with E-state index in [0.717, 1.165) is 0 Å². The van der Waals surface area contributed by atoms with Crippen LogP contribution in [0.5, 0.6) is 0 Å². The average Bonchev–Trinajstić information content (AvgIpc) is 3.75. The Kier molecular flexibility index (Phi) is 14.0. The van der Waals surface area contributed by atoms with Gasteiger partial charge < -0.3 is 39.5 Å². The molecule has 7 atom stereocenters. The van der Waals surface area contributed by atoms with Gasteiger partial charge in [0.05, 0.1) is 38.9 Å². The lowest BCUT2D eigenvalue weighted by Gasteiger charge is -2.46. The van der Waals surface area contributed by atoms with Gasteiger partial charge in [0.15, 0.2) is 0 Å². The average molecular weight is 879 g/mol. The van der Waals surface area contributed by atoms with E-state index in [1.165, 1.54) is 101 Å². The van der Waals surface area contributed by atoms with E-state index in [1.54, 1.807) is 0 Å². The Bertz CT molecular complexity index is 2240. The third kappa shape index (κ3) is 10.3. The number of carbonyl (C=O) groups excluding carboxylic acids is 4. The summed E-state index contributed by atoms with van der Waals surface area (Å²) >= 11 is 1.25. The van der Waals surface area contributed by atoms with Crippen molar-refractivity contribution in [3.8, 4) is 0 Å². The molecule has 328 valence electrons. The Morgan fingerprint density at radius 1 is 0.806 bits per heavy atom. The number of nitro benzene ring substituents is 3. The highest BCUT2D eigenvalue weighted by molar-refractivity contribution is 8.03. The predicted molar refractivity (Wildman–Crippen MR) is 217 cm³/mol. The van der Waals surface area contributed by atoms with Crippen molar-refractivity contribution in [3.63, 3.8) is 0 Å². The fourth-order valence-corrected chi connectivity index (χ4v) is 9.20. The second-order valence-electron chi connectivity index (χ2n) is 15.0. The van der Waals surface area contributed by atoms with E-state index in [2.05, 4.69) is 5.32 Å². The third-order valence-electron chi connectivity index (χ3n) is 10.8. The van der Waals surface area contributed by atoms with Crippen molar-refractivity contribution < 1.29 is 58.4 Å². The number of β-lactam (4-membered cyclic amide) rings is 1. The van der Waals surface area contributed by atoms with Crippen LogP contribution < -0.4 is 5.32 Å².